The minimum atomic E-state index is -2.80. The highest BCUT2D eigenvalue weighted by atomic mass is 35.5. The predicted octanol–water partition coefficient (Wildman–Crippen LogP) is 3.58. The zero-order valence-corrected chi connectivity index (χ0v) is 13.1. The highest BCUT2D eigenvalue weighted by molar-refractivity contribution is 6.31. The summed E-state index contributed by atoms with van der Waals surface area (Å²) in [5.41, 5.74) is 0.751. The topological polar surface area (TPSA) is 68.5 Å². The minimum absolute atomic E-state index is 0.159. The second kappa shape index (κ2) is 6.40. The molecule has 0 saturated heterocycles. The molecule has 9 heteroatoms. The van der Waals surface area contributed by atoms with Crippen molar-refractivity contribution in [3.05, 3.63) is 52.9 Å². The van der Waals surface area contributed by atoms with Crippen LogP contribution in [0.5, 0.6) is 5.75 Å². The molecule has 1 N–H and O–H groups in total. The van der Waals surface area contributed by atoms with Gasteiger partial charge in [-0.05, 0) is 30.3 Å². The fourth-order valence-corrected chi connectivity index (χ4v) is 2.34. The summed E-state index contributed by atoms with van der Waals surface area (Å²) in [5, 5.41) is 10.1. The number of rotatable bonds is 4. The highest BCUT2D eigenvalue weighted by Crippen LogP contribution is 2.28. The Morgan fingerprint density at radius 1 is 1.29 bits per heavy atom. The molecule has 2 aromatic heterocycles. The van der Waals surface area contributed by atoms with Crippen LogP contribution in [0.25, 0.3) is 5.65 Å². The fraction of sp³-hybridized carbons (Fsp3) is 0.133. The average molecular weight is 353 g/mol. The Morgan fingerprint density at radius 3 is 2.79 bits per heavy atom. The minimum Gasteiger partial charge on any atom is -0.495 e. The number of aromatic nitrogens is 3. The third kappa shape index (κ3) is 3.00. The van der Waals surface area contributed by atoms with E-state index in [2.05, 4.69) is 15.5 Å². The number of amides is 1. The Kier molecular flexibility index (Phi) is 4.30. The lowest BCUT2D eigenvalue weighted by Gasteiger charge is -2.11. The Balaban J connectivity index is 1.94. The number of nitrogens with one attached hydrogen (secondary N) is 1. The van der Waals surface area contributed by atoms with Crippen molar-refractivity contribution in [3.8, 4) is 5.75 Å². The molecule has 3 aromatic rings. The third-order valence-corrected chi connectivity index (χ3v) is 3.53. The zero-order chi connectivity index (χ0) is 17.3. The molecule has 0 aliphatic rings. The van der Waals surface area contributed by atoms with E-state index in [4.69, 9.17) is 16.3 Å². The van der Waals surface area contributed by atoms with Crippen molar-refractivity contribution in [2.75, 3.05) is 12.4 Å². The normalized spacial score (nSPS) is 11.0. The summed E-state index contributed by atoms with van der Waals surface area (Å²) >= 11 is 5.91. The molecule has 1 amide bonds. The smallest absolute Gasteiger partial charge is 0.297 e. The number of anilines is 1. The maximum atomic E-state index is 12.9. The monoisotopic (exact) mass is 352 g/mol. The van der Waals surface area contributed by atoms with E-state index in [9.17, 15) is 13.6 Å². The second-order valence-electron chi connectivity index (χ2n) is 4.80. The second-order valence-corrected chi connectivity index (χ2v) is 5.24. The Bertz CT molecular complexity index is 914. The molecule has 0 atom stereocenters. The lowest BCUT2D eigenvalue weighted by Crippen LogP contribution is -2.13. The van der Waals surface area contributed by atoms with Gasteiger partial charge in [-0.2, -0.15) is 0 Å². The van der Waals surface area contributed by atoms with Gasteiger partial charge in [0.2, 0.25) is 5.82 Å². The van der Waals surface area contributed by atoms with Crippen molar-refractivity contribution in [2.45, 2.75) is 6.43 Å². The average Bonchev–Trinajstić information content (AvgIpc) is 2.98. The number of methoxy groups -OCH3 is 1. The highest BCUT2D eigenvalue weighted by Gasteiger charge is 2.17. The van der Waals surface area contributed by atoms with E-state index in [1.54, 1.807) is 12.1 Å². The van der Waals surface area contributed by atoms with Gasteiger partial charge in [0.25, 0.3) is 12.3 Å². The number of hydrogen-bond acceptors (Lipinski definition) is 4. The molecule has 3 rings (SSSR count). The summed E-state index contributed by atoms with van der Waals surface area (Å²) in [6.45, 7) is 0. The number of carbonyl (C=O) groups excluding carboxylic acids is 1. The third-order valence-electron chi connectivity index (χ3n) is 3.30. The standard InChI is InChI=1S/C15H11ClF2N4O2/c1-24-11-4-3-9(16)6-10(11)19-15(23)8-2-5-12-20-21-14(13(17)18)22(12)7-8/h2-7,13H,1H3,(H,19,23). The van der Waals surface area contributed by atoms with Crippen LogP contribution in [0.3, 0.4) is 0 Å². The number of fused-ring (bicyclic) bond motifs is 1. The summed E-state index contributed by atoms with van der Waals surface area (Å²) in [7, 11) is 1.46. The quantitative estimate of drug-likeness (QED) is 0.779. The zero-order valence-electron chi connectivity index (χ0n) is 12.3. The van der Waals surface area contributed by atoms with Crippen LogP contribution in [-0.2, 0) is 0 Å². The van der Waals surface area contributed by atoms with Crippen LogP contribution in [0.1, 0.15) is 22.6 Å². The summed E-state index contributed by atoms with van der Waals surface area (Å²) in [6.07, 6.45) is -1.55. The van der Waals surface area contributed by atoms with Gasteiger partial charge in [-0.1, -0.05) is 11.6 Å². The summed E-state index contributed by atoms with van der Waals surface area (Å²) in [4.78, 5) is 12.4. The van der Waals surface area contributed by atoms with Crippen LogP contribution < -0.4 is 10.1 Å². The summed E-state index contributed by atoms with van der Waals surface area (Å²) in [6, 6.07) is 7.65. The van der Waals surface area contributed by atoms with E-state index in [-0.39, 0.29) is 11.2 Å². The molecule has 0 aliphatic carbocycles. The Labute approximate surface area is 140 Å². The van der Waals surface area contributed by atoms with Crippen molar-refractivity contribution in [1.82, 2.24) is 14.6 Å². The molecule has 0 fully saturated rings. The Hall–Kier alpha value is -2.74. The van der Waals surface area contributed by atoms with Crippen LogP contribution in [0.2, 0.25) is 5.02 Å². The first-order valence-electron chi connectivity index (χ1n) is 6.77. The van der Waals surface area contributed by atoms with Crippen molar-refractivity contribution in [3.63, 3.8) is 0 Å². The molecule has 0 unspecified atom stereocenters. The van der Waals surface area contributed by atoms with Gasteiger partial charge in [0.15, 0.2) is 5.65 Å². The van der Waals surface area contributed by atoms with E-state index in [1.165, 1.54) is 31.5 Å². The van der Waals surface area contributed by atoms with Gasteiger partial charge in [0, 0.05) is 11.2 Å². The molecule has 24 heavy (non-hydrogen) atoms. The summed E-state index contributed by atoms with van der Waals surface area (Å²) < 4.78 is 32.0. The number of nitrogens with zero attached hydrogens (tertiary/aromatic N) is 3. The van der Waals surface area contributed by atoms with Gasteiger partial charge in [0.1, 0.15) is 5.75 Å². The molecule has 0 saturated carbocycles. The molecule has 0 aliphatic heterocycles. The van der Waals surface area contributed by atoms with Gasteiger partial charge < -0.3 is 10.1 Å². The molecule has 1 aromatic carbocycles. The first-order chi connectivity index (χ1) is 11.5. The molecular formula is C15H11ClF2N4O2. The van der Waals surface area contributed by atoms with Crippen LogP contribution >= 0.6 is 11.6 Å². The lowest BCUT2D eigenvalue weighted by molar-refractivity contribution is 0.102. The molecule has 2 heterocycles. The van der Waals surface area contributed by atoms with Gasteiger partial charge in [-0.25, -0.2) is 8.78 Å². The van der Waals surface area contributed by atoms with E-state index in [0.717, 1.165) is 4.40 Å². The molecule has 124 valence electrons. The lowest BCUT2D eigenvalue weighted by atomic mass is 10.2. The number of hydrogen-bond donors (Lipinski definition) is 1. The fourth-order valence-electron chi connectivity index (χ4n) is 2.16. The number of ether oxygens (including phenoxy) is 1. The maximum absolute atomic E-state index is 12.9. The predicted molar refractivity (Wildman–Crippen MR) is 83.9 cm³/mol. The first kappa shape index (κ1) is 16.1. The van der Waals surface area contributed by atoms with Crippen LogP contribution in [0, 0.1) is 0 Å². The molecule has 0 spiro atoms. The van der Waals surface area contributed by atoms with Gasteiger partial charge in [-0.3, -0.25) is 9.20 Å². The number of benzene rings is 1. The number of pyridine rings is 1. The van der Waals surface area contributed by atoms with Gasteiger partial charge in [-0.15, -0.1) is 10.2 Å². The molecule has 0 radical (unpaired) electrons. The first-order valence-corrected chi connectivity index (χ1v) is 7.15. The van der Waals surface area contributed by atoms with Gasteiger partial charge >= 0.3 is 0 Å². The van der Waals surface area contributed by atoms with E-state index in [0.29, 0.717) is 16.5 Å². The molecule has 0 bridgehead atoms. The molecule has 6 nitrogen and oxygen atoms in total. The van der Waals surface area contributed by atoms with Crippen molar-refractivity contribution in [1.29, 1.82) is 0 Å². The van der Waals surface area contributed by atoms with E-state index < -0.39 is 18.2 Å². The van der Waals surface area contributed by atoms with Crippen LogP contribution in [0.4, 0.5) is 14.5 Å². The number of alkyl halides is 2. The van der Waals surface area contributed by atoms with E-state index >= 15 is 0 Å². The number of carbonyl (C=O) groups is 1. The van der Waals surface area contributed by atoms with Gasteiger partial charge in [0.05, 0.1) is 18.4 Å². The summed E-state index contributed by atoms with van der Waals surface area (Å²) in [5.74, 6) is -0.613. The van der Waals surface area contributed by atoms with Crippen molar-refractivity contribution >= 4 is 28.8 Å². The van der Waals surface area contributed by atoms with Crippen LogP contribution in [0.15, 0.2) is 36.5 Å². The van der Waals surface area contributed by atoms with Crippen LogP contribution in [-0.4, -0.2) is 27.6 Å². The number of halogens is 3. The molecular weight excluding hydrogens is 342 g/mol. The SMILES string of the molecule is COc1ccc(Cl)cc1NC(=O)c1ccc2nnc(C(F)F)n2c1. The van der Waals surface area contributed by atoms with E-state index in [1.807, 2.05) is 0 Å². The largest absolute Gasteiger partial charge is 0.495 e. The van der Waals surface area contributed by atoms with Crippen molar-refractivity contribution in [2.24, 2.45) is 0 Å². The Morgan fingerprint density at radius 2 is 2.08 bits per heavy atom. The maximum Gasteiger partial charge on any atom is 0.297 e. The van der Waals surface area contributed by atoms with Crippen molar-refractivity contribution < 1.29 is 18.3 Å².